The quantitative estimate of drug-likeness (QED) is 0.808. The van der Waals surface area contributed by atoms with Gasteiger partial charge in [-0.3, -0.25) is 9.36 Å². The first-order chi connectivity index (χ1) is 9.81. The number of allylic oxidation sites excluding steroid dienone is 1. The third kappa shape index (κ3) is 2.87. The molecule has 0 atom stereocenters. The van der Waals surface area contributed by atoms with Gasteiger partial charge < -0.3 is 4.74 Å². The van der Waals surface area contributed by atoms with Crippen LogP contribution in [0, 0.1) is 5.82 Å². The van der Waals surface area contributed by atoms with E-state index in [2.05, 4.69) is 11.7 Å². The molecule has 2 rings (SSSR count). The molecule has 0 fully saturated rings. The van der Waals surface area contributed by atoms with Gasteiger partial charge in [-0.15, -0.1) is 0 Å². The second-order valence-electron chi connectivity index (χ2n) is 4.27. The molecule has 2 aromatic rings. The average molecular weight is 312 g/mol. The molecule has 0 bridgehead atoms. The van der Waals surface area contributed by atoms with Crippen molar-refractivity contribution in [3.8, 4) is 11.4 Å². The van der Waals surface area contributed by atoms with Crippen molar-refractivity contribution >= 4 is 11.6 Å². The number of hydrogen-bond donors (Lipinski definition) is 0. The van der Waals surface area contributed by atoms with Crippen LogP contribution in [-0.2, 0) is 7.05 Å². The Labute approximate surface area is 123 Å². The van der Waals surface area contributed by atoms with Crippen LogP contribution in [0.25, 0.3) is 5.69 Å². The van der Waals surface area contributed by atoms with Crippen molar-refractivity contribution in [1.29, 1.82) is 0 Å². The highest BCUT2D eigenvalue weighted by molar-refractivity contribution is 6.32. The molecule has 0 amide bonds. The van der Waals surface area contributed by atoms with Crippen molar-refractivity contribution in [2.45, 2.75) is 6.92 Å². The molecule has 1 heterocycles. The minimum absolute atomic E-state index is 0.0251. The van der Waals surface area contributed by atoms with E-state index < -0.39 is 17.1 Å². The van der Waals surface area contributed by atoms with Crippen molar-refractivity contribution in [3.63, 3.8) is 0 Å². The van der Waals surface area contributed by atoms with Crippen LogP contribution in [0.5, 0.6) is 5.75 Å². The molecule has 0 N–H and O–H groups in total. The Morgan fingerprint density at radius 2 is 2.10 bits per heavy atom. The Hall–Kier alpha value is -2.41. The molecular formula is C13H11ClFN3O3. The Morgan fingerprint density at radius 1 is 1.43 bits per heavy atom. The molecule has 0 radical (unpaired) electrons. The number of nitrogens with zero attached hydrogens (tertiary/aromatic N) is 3. The van der Waals surface area contributed by atoms with Crippen LogP contribution in [0.15, 0.2) is 40.3 Å². The van der Waals surface area contributed by atoms with Crippen LogP contribution in [0.3, 0.4) is 0 Å². The molecular weight excluding hydrogens is 301 g/mol. The number of ether oxygens (including phenoxy) is 1. The fourth-order valence-electron chi connectivity index (χ4n) is 1.59. The van der Waals surface area contributed by atoms with Gasteiger partial charge in [-0.1, -0.05) is 18.2 Å². The lowest BCUT2D eigenvalue weighted by molar-refractivity contribution is 0.428. The van der Waals surface area contributed by atoms with Gasteiger partial charge in [0.1, 0.15) is 17.6 Å². The second kappa shape index (κ2) is 5.53. The van der Waals surface area contributed by atoms with E-state index in [0.717, 1.165) is 21.5 Å². The summed E-state index contributed by atoms with van der Waals surface area (Å²) in [5.74, 6) is -0.305. The summed E-state index contributed by atoms with van der Waals surface area (Å²) in [7, 11) is 1.27. The predicted octanol–water partition coefficient (Wildman–Crippen LogP) is 1.64. The smallest absolute Gasteiger partial charge is 0.352 e. The van der Waals surface area contributed by atoms with Gasteiger partial charge in [0, 0.05) is 13.1 Å². The highest BCUT2D eigenvalue weighted by atomic mass is 35.5. The minimum Gasteiger partial charge on any atom is -0.461 e. The van der Waals surface area contributed by atoms with Gasteiger partial charge in [0.25, 0.3) is 5.56 Å². The van der Waals surface area contributed by atoms with Crippen molar-refractivity contribution in [2.75, 3.05) is 0 Å². The van der Waals surface area contributed by atoms with Gasteiger partial charge in [-0.05, 0) is 13.0 Å². The molecule has 110 valence electrons. The Balaban J connectivity index is 2.70. The summed E-state index contributed by atoms with van der Waals surface area (Å²) in [6, 6.07) is 2.21. The lowest BCUT2D eigenvalue weighted by Gasteiger charge is -2.11. The number of aromatic nitrogens is 3. The molecule has 0 spiro atoms. The summed E-state index contributed by atoms with van der Waals surface area (Å²) in [4.78, 5) is 23.3. The number of rotatable bonds is 3. The maximum absolute atomic E-state index is 14.0. The first-order valence-corrected chi connectivity index (χ1v) is 6.17. The van der Waals surface area contributed by atoms with E-state index in [1.807, 2.05) is 0 Å². The normalized spacial score (nSPS) is 10.5. The van der Waals surface area contributed by atoms with Crippen LogP contribution in [0.2, 0.25) is 5.02 Å². The summed E-state index contributed by atoms with van der Waals surface area (Å²) in [5, 5.41) is 3.65. The Morgan fingerprint density at radius 3 is 2.71 bits per heavy atom. The predicted molar refractivity (Wildman–Crippen MR) is 75.5 cm³/mol. The van der Waals surface area contributed by atoms with Gasteiger partial charge in [0.15, 0.2) is 5.82 Å². The largest absolute Gasteiger partial charge is 0.461 e. The molecule has 0 aliphatic heterocycles. The van der Waals surface area contributed by atoms with Crippen LogP contribution >= 0.6 is 11.6 Å². The molecule has 0 saturated heterocycles. The van der Waals surface area contributed by atoms with Gasteiger partial charge in [-0.2, -0.15) is 9.78 Å². The van der Waals surface area contributed by atoms with E-state index in [1.54, 1.807) is 6.92 Å². The summed E-state index contributed by atoms with van der Waals surface area (Å²) >= 11 is 5.86. The highest BCUT2D eigenvalue weighted by Crippen LogP contribution is 2.30. The Kier molecular flexibility index (Phi) is 3.95. The van der Waals surface area contributed by atoms with Gasteiger partial charge in [0.2, 0.25) is 0 Å². The zero-order valence-electron chi connectivity index (χ0n) is 11.3. The summed E-state index contributed by atoms with van der Waals surface area (Å²) in [5.41, 5.74) is -1.56. The lowest BCUT2D eigenvalue weighted by Crippen LogP contribution is -2.38. The zero-order valence-corrected chi connectivity index (χ0v) is 12.0. The fraction of sp³-hybridized carbons (Fsp3) is 0.154. The van der Waals surface area contributed by atoms with E-state index in [-0.39, 0.29) is 16.5 Å². The van der Waals surface area contributed by atoms with Crippen LogP contribution in [0.1, 0.15) is 6.92 Å². The number of hydrogen-bond acceptors (Lipinski definition) is 4. The molecule has 1 aromatic heterocycles. The van der Waals surface area contributed by atoms with Crippen molar-refractivity contribution in [2.24, 2.45) is 7.05 Å². The number of halogens is 2. The molecule has 0 saturated carbocycles. The third-order valence-electron chi connectivity index (χ3n) is 2.60. The molecule has 1 aromatic carbocycles. The van der Waals surface area contributed by atoms with E-state index in [4.69, 9.17) is 16.3 Å². The molecule has 21 heavy (non-hydrogen) atoms. The van der Waals surface area contributed by atoms with E-state index in [9.17, 15) is 14.0 Å². The Bertz CT molecular complexity index is 842. The van der Waals surface area contributed by atoms with Crippen molar-refractivity contribution < 1.29 is 9.13 Å². The maximum Gasteiger partial charge on any atom is 0.352 e. The maximum atomic E-state index is 14.0. The highest BCUT2D eigenvalue weighted by Gasteiger charge is 2.15. The van der Waals surface area contributed by atoms with Crippen LogP contribution < -0.4 is 16.0 Å². The summed E-state index contributed by atoms with van der Waals surface area (Å²) in [6.45, 7) is 5.15. The van der Waals surface area contributed by atoms with Crippen LogP contribution in [-0.4, -0.2) is 14.3 Å². The fourth-order valence-corrected chi connectivity index (χ4v) is 1.78. The summed E-state index contributed by atoms with van der Waals surface area (Å²) in [6.07, 6.45) is 0.911. The first-order valence-electron chi connectivity index (χ1n) is 5.79. The van der Waals surface area contributed by atoms with Crippen molar-refractivity contribution in [1.82, 2.24) is 14.3 Å². The lowest BCUT2D eigenvalue weighted by atomic mass is 10.3. The SMILES string of the molecule is C=C(C)Oc1cc(-n2ncc(=O)n(C)c2=O)c(F)cc1Cl. The van der Waals surface area contributed by atoms with Gasteiger partial charge in [0.05, 0.1) is 10.8 Å². The van der Waals surface area contributed by atoms with E-state index in [0.29, 0.717) is 5.76 Å². The second-order valence-corrected chi connectivity index (χ2v) is 4.68. The topological polar surface area (TPSA) is 66.1 Å². The van der Waals surface area contributed by atoms with E-state index in [1.165, 1.54) is 13.1 Å². The monoisotopic (exact) mass is 311 g/mol. The zero-order chi connectivity index (χ0) is 15.7. The van der Waals surface area contributed by atoms with Gasteiger partial charge >= 0.3 is 5.69 Å². The first kappa shape index (κ1) is 15.0. The average Bonchev–Trinajstić information content (AvgIpc) is 2.40. The van der Waals surface area contributed by atoms with Gasteiger partial charge in [-0.25, -0.2) is 9.18 Å². The third-order valence-corrected chi connectivity index (χ3v) is 2.89. The van der Waals surface area contributed by atoms with Crippen molar-refractivity contribution in [3.05, 3.63) is 62.3 Å². The van der Waals surface area contributed by atoms with Crippen LogP contribution in [0.4, 0.5) is 4.39 Å². The molecule has 0 aliphatic carbocycles. The molecule has 0 unspecified atom stereocenters. The standard InChI is InChI=1S/C13H11ClFN3O3/c1-7(2)21-11-5-10(9(15)4-8(11)14)18-13(20)17(3)12(19)6-16-18/h4-6H,1H2,2-3H3. The molecule has 6 nitrogen and oxygen atoms in total. The number of benzene rings is 1. The minimum atomic E-state index is -0.787. The molecule has 8 heteroatoms. The van der Waals surface area contributed by atoms with E-state index >= 15 is 0 Å². The summed E-state index contributed by atoms with van der Waals surface area (Å²) < 4.78 is 20.8. The molecule has 0 aliphatic rings.